The van der Waals surface area contributed by atoms with Gasteiger partial charge >= 0.3 is 5.76 Å². The van der Waals surface area contributed by atoms with Crippen LogP contribution in [-0.4, -0.2) is 44.3 Å². The van der Waals surface area contributed by atoms with Gasteiger partial charge in [0.1, 0.15) is 0 Å². The molecule has 136 valence electrons. The first-order chi connectivity index (χ1) is 12.6. The Kier molecular flexibility index (Phi) is 4.34. The topological polar surface area (TPSA) is 85.3 Å². The molecule has 1 saturated heterocycles. The van der Waals surface area contributed by atoms with Gasteiger partial charge in [0.25, 0.3) is 0 Å². The molecule has 1 atom stereocenters. The number of hydrogen-bond donors (Lipinski definition) is 1. The van der Waals surface area contributed by atoms with Crippen LogP contribution in [0.15, 0.2) is 45.9 Å². The number of hydrogen-bond acceptors (Lipinski definition) is 5. The van der Waals surface area contributed by atoms with Crippen molar-refractivity contribution in [2.75, 3.05) is 18.4 Å². The van der Waals surface area contributed by atoms with Gasteiger partial charge in [0.15, 0.2) is 5.58 Å². The minimum Gasteiger partial charge on any atom is -0.408 e. The van der Waals surface area contributed by atoms with Crippen molar-refractivity contribution in [1.29, 1.82) is 0 Å². The van der Waals surface area contributed by atoms with Gasteiger partial charge in [-0.15, -0.1) is 0 Å². The summed E-state index contributed by atoms with van der Waals surface area (Å²) in [5, 5.41) is 7.15. The molecule has 0 bridgehead atoms. The number of carbonyl (C=O) groups is 1. The second-order valence-electron chi connectivity index (χ2n) is 6.65. The Labute approximate surface area is 150 Å². The number of oxazole rings is 1. The van der Waals surface area contributed by atoms with Crippen LogP contribution in [0.25, 0.3) is 11.1 Å². The van der Waals surface area contributed by atoms with Gasteiger partial charge < -0.3 is 9.73 Å². The molecule has 1 N–H and O–H groups in total. The smallest absolute Gasteiger partial charge is 0.408 e. The van der Waals surface area contributed by atoms with Crippen molar-refractivity contribution >= 4 is 22.7 Å². The van der Waals surface area contributed by atoms with Gasteiger partial charge in [-0.25, -0.2) is 4.79 Å². The maximum absolute atomic E-state index is 12.5. The summed E-state index contributed by atoms with van der Waals surface area (Å²) < 4.78 is 8.51. The lowest BCUT2D eigenvalue weighted by Crippen LogP contribution is -2.39. The van der Waals surface area contributed by atoms with E-state index in [4.69, 9.17) is 4.42 Å². The molecule has 26 heavy (non-hydrogen) atoms. The number of amides is 1. The molecule has 0 radical (unpaired) electrons. The van der Waals surface area contributed by atoms with Crippen LogP contribution in [0.1, 0.15) is 12.8 Å². The molecule has 8 nitrogen and oxygen atoms in total. The van der Waals surface area contributed by atoms with Crippen molar-refractivity contribution in [2.45, 2.75) is 25.4 Å². The second kappa shape index (κ2) is 6.80. The first-order valence-electron chi connectivity index (χ1n) is 8.71. The Hall–Kier alpha value is -2.87. The first-order valence-corrected chi connectivity index (χ1v) is 8.71. The Balaban J connectivity index is 1.41. The molecule has 1 amide bonds. The van der Waals surface area contributed by atoms with Crippen LogP contribution in [0, 0.1) is 0 Å². The van der Waals surface area contributed by atoms with Gasteiger partial charge in [0.05, 0.1) is 18.6 Å². The average molecular weight is 355 g/mol. The number of aryl methyl sites for hydroxylation is 1. The number of anilines is 1. The predicted molar refractivity (Wildman–Crippen MR) is 96.9 cm³/mol. The maximum atomic E-state index is 12.5. The van der Waals surface area contributed by atoms with E-state index in [1.54, 1.807) is 31.4 Å². The molecule has 1 aliphatic rings. The summed E-state index contributed by atoms with van der Waals surface area (Å²) in [6, 6.07) is 7.45. The molecule has 1 fully saturated rings. The summed E-state index contributed by atoms with van der Waals surface area (Å²) in [4.78, 5) is 26.2. The van der Waals surface area contributed by atoms with E-state index in [0.29, 0.717) is 29.4 Å². The number of nitrogens with one attached hydrogen (secondary N) is 1. The zero-order chi connectivity index (χ0) is 18.1. The van der Waals surface area contributed by atoms with E-state index < -0.39 is 5.76 Å². The first kappa shape index (κ1) is 16.6. The average Bonchev–Trinajstić information content (AvgIpc) is 3.32. The van der Waals surface area contributed by atoms with E-state index in [2.05, 4.69) is 15.3 Å². The monoisotopic (exact) mass is 355 g/mol. The lowest BCUT2D eigenvalue weighted by molar-refractivity contribution is -0.117. The summed E-state index contributed by atoms with van der Waals surface area (Å²) in [6.07, 6.45) is 5.86. The molecular weight excluding hydrogens is 334 g/mol. The highest BCUT2D eigenvalue weighted by molar-refractivity contribution is 5.94. The summed E-state index contributed by atoms with van der Waals surface area (Å²) in [6.45, 7) is 2.04. The fourth-order valence-electron chi connectivity index (χ4n) is 3.53. The zero-order valence-electron chi connectivity index (χ0n) is 14.6. The third kappa shape index (κ3) is 3.28. The van der Waals surface area contributed by atoms with Gasteiger partial charge in [-0.3, -0.25) is 18.9 Å². The van der Waals surface area contributed by atoms with Crippen LogP contribution in [0.3, 0.4) is 0 Å². The molecule has 0 unspecified atom stereocenters. The van der Waals surface area contributed by atoms with E-state index in [1.165, 1.54) is 4.57 Å². The molecule has 2 aromatic heterocycles. The quantitative estimate of drug-likeness (QED) is 0.748. The number of carbonyl (C=O) groups excluding carboxylic acids is 1. The van der Waals surface area contributed by atoms with E-state index in [9.17, 15) is 9.59 Å². The van der Waals surface area contributed by atoms with E-state index in [1.807, 2.05) is 16.9 Å². The van der Waals surface area contributed by atoms with Crippen molar-refractivity contribution in [1.82, 2.24) is 19.2 Å². The standard InChI is InChI=1S/C18H21N5O3/c1-21-15-6-5-13(10-16(15)26-18(21)25)20-17(24)12-22-8-2-4-14(22)11-23-9-3-7-19-23/h3,5-7,9-10,14H,2,4,8,11-12H2,1H3,(H,20,24)/t14-/m0/s1. The Morgan fingerprint density at radius 1 is 1.42 bits per heavy atom. The molecular formula is C18H21N5O3. The lowest BCUT2D eigenvalue weighted by Gasteiger charge is -2.23. The molecule has 0 saturated carbocycles. The number of fused-ring (bicyclic) bond motifs is 1. The van der Waals surface area contributed by atoms with E-state index >= 15 is 0 Å². The summed E-state index contributed by atoms with van der Waals surface area (Å²) in [5.41, 5.74) is 1.79. The van der Waals surface area contributed by atoms with Gasteiger partial charge in [0.2, 0.25) is 5.91 Å². The minimum atomic E-state index is -0.415. The fourth-order valence-corrected chi connectivity index (χ4v) is 3.53. The number of rotatable bonds is 5. The Morgan fingerprint density at radius 2 is 2.31 bits per heavy atom. The molecule has 8 heteroatoms. The highest BCUT2D eigenvalue weighted by atomic mass is 16.4. The molecule has 1 aromatic carbocycles. The van der Waals surface area contributed by atoms with Crippen molar-refractivity contribution in [3.63, 3.8) is 0 Å². The molecule has 4 rings (SSSR count). The SMILES string of the molecule is Cn1c(=O)oc2cc(NC(=O)CN3CCC[C@H]3Cn3cccn3)ccc21. The Bertz CT molecular complexity index is 973. The van der Waals surface area contributed by atoms with Gasteiger partial charge in [-0.2, -0.15) is 5.10 Å². The number of likely N-dealkylation sites (tertiary alicyclic amines) is 1. The highest BCUT2D eigenvalue weighted by Crippen LogP contribution is 2.20. The molecule has 3 aromatic rings. The fraction of sp³-hybridized carbons (Fsp3) is 0.389. The lowest BCUT2D eigenvalue weighted by atomic mass is 10.2. The second-order valence-corrected chi connectivity index (χ2v) is 6.65. The van der Waals surface area contributed by atoms with Crippen molar-refractivity contribution in [3.8, 4) is 0 Å². The third-order valence-electron chi connectivity index (χ3n) is 4.88. The minimum absolute atomic E-state index is 0.0741. The van der Waals surface area contributed by atoms with Gasteiger partial charge in [0, 0.05) is 37.2 Å². The number of benzene rings is 1. The predicted octanol–water partition coefficient (Wildman–Crippen LogP) is 1.43. The molecule has 0 aliphatic carbocycles. The van der Waals surface area contributed by atoms with Crippen LogP contribution in [0.2, 0.25) is 0 Å². The van der Waals surface area contributed by atoms with Crippen LogP contribution in [0.5, 0.6) is 0 Å². The van der Waals surface area contributed by atoms with Crippen LogP contribution >= 0.6 is 0 Å². The van der Waals surface area contributed by atoms with Crippen molar-refractivity contribution in [3.05, 3.63) is 47.2 Å². The highest BCUT2D eigenvalue weighted by Gasteiger charge is 2.26. The number of aromatic nitrogens is 3. The summed E-state index contributed by atoms with van der Waals surface area (Å²) in [5.74, 6) is -0.489. The van der Waals surface area contributed by atoms with Crippen LogP contribution in [-0.2, 0) is 18.4 Å². The van der Waals surface area contributed by atoms with Crippen molar-refractivity contribution < 1.29 is 9.21 Å². The van der Waals surface area contributed by atoms with Crippen molar-refractivity contribution in [2.24, 2.45) is 7.05 Å². The Morgan fingerprint density at radius 3 is 3.12 bits per heavy atom. The number of nitrogens with zero attached hydrogens (tertiary/aromatic N) is 4. The van der Waals surface area contributed by atoms with E-state index in [-0.39, 0.29) is 5.91 Å². The largest absolute Gasteiger partial charge is 0.419 e. The normalized spacial score (nSPS) is 17.8. The molecule has 1 aliphatic heterocycles. The maximum Gasteiger partial charge on any atom is 0.419 e. The van der Waals surface area contributed by atoms with Crippen LogP contribution < -0.4 is 11.1 Å². The van der Waals surface area contributed by atoms with Gasteiger partial charge in [-0.05, 0) is 37.6 Å². The molecule has 3 heterocycles. The zero-order valence-corrected chi connectivity index (χ0v) is 14.6. The van der Waals surface area contributed by atoms with Gasteiger partial charge in [-0.1, -0.05) is 0 Å². The third-order valence-corrected chi connectivity index (χ3v) is 4.88. The molecule has 0 spiro atoms. The van der Waals surface area contributed by atoms with Crippen LogP contribution in [0.4, 0.5) is 5.69 Å². The van der Waals surface area contributed by atoms with E-state index in [0.717, 1.165) is 25.9 Å². The summed E-state index contributed by atoms with van der Waals surface area (Å²) in [7, 11) is 1.65. The summed E-state index contributed by atoms with van der Waals surface area (Å²) >= 11 is 0.